The third kappa shape index (κ3) is 2.48. The number of halogens is 1. The number of aromatic amines is 1. The third-order valence-electron chi connectivity index (χ3n) is 2.33. The lowest BCUT2D eigenvalue weighted by atomic mass is 10.1. The minimum Gasteiger partial charge on any atom is -0.335 e. The predicted molar refractivity (Wildman–Crippen MR) is 70.5 cm³/mol. The van der Waals surface area contributed by atoms with Crippen LogP contribution in [-0.2, 0) is 0 Å². The Morgan fingerprint density at radius 3 is 2.56 bits per heavy atom. The van der Waals surface area contributed by atoms with Gasteiger partial charge in [0, 0.05) is 4.90 Å². The van der Waals surface area contributed by atoms with Crippen LogP contribution >= 0.6 is 27.7 Å². The third-order valence-corrected chi connectivity index (χ3v) is 3.48. The van der Waals surface area contributed by atoms with Gasteiger partial charge in [0.05, 0.1) is 12.2 Å². The summed E-state index contributed by atoms with van der Waals surface area (Å²) in [6.07, 6.45) is 3.77. The van der Waals surface area contributed by atoms with E-state index >= 15 is 0 Å². The van der Waals surface area contributed by atoms with Gasteiger partial charge in [-0.05, 0) is 39.9 Å². The maximum Gasteiger partial charge on any atom is 0.128 e. The SMILES string of the molecule is CSc1ccc(C(N)c2ncc(Br)[nH]2)cc1. The van der Waals surface area contributed by atoms with Gasteiger partial charge in [-0.3, -0.25) is 0 Å². The molecule has 2 aromatic rings. The summed E-state index contributed by atoms with van der Waals surface area (Å²) in [5, 5.41) is 0. The number of hydrogen-bond acceptors (Lipinski definition) is 3. The number of thioether (sulfide) groups is 1. The van der Waals surface area contributed by atoms with Crippen molar-refractivity contribution in [3.05, 3.63) is 46.5 Å². The zero-order chi connectivity index (χ0) is 11.5. The molecule has 1 unspecified atom stereocenters. The van der Waals surface area contributed by atoms with Crippen molar-refractivity contribution in [3.8, 4) is 0 Å². The zero-order valence-corrected chi connectivity index (χ0v) is 11.2. The Morgan fingerprint density at radius 1 is 1.38 bits per heavy atom. The van der Waals surface area contributed by atoms with Crippen molar-refractivity contribution < 1.29 is 0 Å². The van der Waals surface area contributed by atoms with E-state index < -0.39 is 0 Å². The average Bonchev–Trinajstić information content (AvgIpc) is 2.75. The quantitative estimate of drug-likeness (QED) is 0.857. The van der Waals surface area contributed by atoms with E-state index in [1.807, 2.05) is 12.1 Å². The molecule has 0 saturated carbocycles. The number of nitrogens with two attached hydrogens (primary N) is 1. The van der Waals surface area contributed by atoms with Crippen molar-refractivity contribution in [1.82, 2.24) is 9.97 Å². The van der Waals surface area contributed by atoms with E-state index in [9.17, 15) is 0 Å². The topological polar surface area (TPSA) is 54.7 Å². The lowest BCUT2D eigenvalue weighted by Crippen LogP contribution is -2.13. The number of H-pyrrole nitrogens is 1. The summed E-state index contributed by atoms with van der Waals surface area (Å²) in [6, 6.07) is 8.00. The van der Waals surface area contributed by atoms with Gasteiger partial charge >= 0.3 is 0 Å². The Labute approximate surface area is 107 Å². The molecule has 2 rings (SSSR count). The highest BCUT2D eigenvalue weighted by Crippen LogP contribution is 2.21. The molecule has 84 valence electrons. The maximum absolute atomic E-state index is 6.10. The molecule has 0 saturated heterocycles. The van der Waals surface area contributed by atoms with Crippen LogP contribution in [0.2, 0.25) is 0 Å². The van der Waals surface area contributed by atoms with Gasteiger partial charge in [-0.15, -0.1) is 11.8 Å². The molecule has 16 heavy (non-hydrogen) atoms. The second kappa shape index (κ2) is 5.03. The summed E-state index contributed by atoms with van der Waals surface area (Å²) < 4.78 is 0.846. The first kappa shape index (κ1) is 11.7. The number of rotatable bonds is 3. The number of imidazole rings is 1. The van der Waals surface area contributed by atoms with Crippen LogP contribution in [0.25, 0.3) is 0 Å². The van der Waals surface area contributed by atoms with Gasteiger partial charge in [0.2, 0.25) is 0 Å². The molecule has 3 N–H and O–H groups in total. The van der Waals surface area contributed by atoms with Crippen LogP contribution < -0.4 is 5.73 Å². The van der Waals surface area contributed by atoms with Crippen molar-refractivity contribution in [2.45, 2.75) is 10.9 Å². The average molecular weight is 298 g/mol. The molecule has 0 bridgehead atoms. The fourth-order valence-corrected chi connectivity index (χ4v) is 2.15. The normalized spacial score (nSPS) is 12.7. The van der Waals surface area contributed by atoms with E-state index in [1.54, 1.807) is 18.0 Å². The molecule has 0 aliphatic heterocycles. The van der Waals surface area contributed by atoms with Crippen molar-refractivity contribution in [1.29, 1.82) is 0 Å². The lowest BCUT2D eigenvalue weighted by Gasteiger charge is -2.09. The molecule has 1 atom stereocenters. The molecule has 5 heteroatoms. The first-order valence-corrected chi connectivity index (χ1v) is 6.82. The Hall–Kier alpha value is -0.780. The molecule has 0 aliphatic carbocycles. The predicted octanol–water partition coefficient (Wildman–Crippen LogP) is 2.94. The summed E-state index contributed by atoms with van der Waals surface area (Å²) in [7, 11) is 0. The van der Waals surface area contributed by atoms with Gasteiger partial charge in [-0.1, -0.05) is 12.1 Å². The highest BCUT2D eigenvalue weighted by molar-refractivity contribution is 9.10. The molecule has 1 heterocycles. The first-order valence-electron chi connectivity index (χ1n) is 4.80. The fraction of sp³-hybridized carbons (Fsp3) is 0.182. The molecule has 0 radical (unpaired) electrons. The number of nitrogens with one attached hydrogen (secondary N) is 1. The van der Waals surface area contributed by atoms with E-state index in [-0.39, 0.29) is 6.04 Å². The largest absolute Gasteiger partial charge is 0.335 e. The molecular formula is C11H12BrN3S. The van der Waals surface area contributed by atoms with Gasteiger partial charge in [-0.25, -0.2) is 4.98 Å². The fourth-order valence-electron chi connectivity index (χ4n) is 1.44. The van der Waals surface area contributed by atoms with Gasteiger partial charge < -0.3 is 10.7 Å². The van der Waals surface area contributed by atoms with Crippen LogP contribution in [0, 0.1) is 0 Å². The van der Waals surface area contributed by atoms with Crippen molar-refractivity contribution in [2.24, 2.45) is 5.73 Å². The molecule has 0 aliphatic rings. The second-order valence-electron chi connectivity index (χ2n) is 3.37. The van der Waals surface area contributed by atoms with E-state index in [1.165, 1.54) is 4.90 Å². The van der Waals surface area contributed by atoms with Crippen LogP contribution in [0.1, 0.15) is 17.4 Å². The number of hydrogen-bond donors (Lipinski definition) is 2. The molecule has 3 nitrogen and oxygen atoms in total. The van der Waals surface area contributed by atoms with Gasteiger partial charge in [-0.2, -0.15) is 0 Å². The van der Waals surface area contributed by atoms with E-state index in [2.05, 4.69) is 44.3 Å². The minimum absolute atomic E-state index is 0.206. The Bertz CT molecular complexity index is 466. The Kier molecular flexibility index (Phi) is 3.68. The lowest BCUT2D eigenvalue weighted by molar-refractivity contribution is 0.798. The minimum atomic E-state index is -0.206. The Morgan fingerprint density at radius 2 is 2.06 bits per heavy atom. The van der Waals surface area contributed by atoms with Crippen LogP contribution in [0.15, 0.2) is 40.0 Å². The van der Waals surface area contributed by atoms with Crippen molar-refractivity contribution >= 4 is 27.7 Å². The highest BCUT2D eigenvalue weighted by atomic mass is 79.9. The summed E-state index contributed by atoms with van der Waals surface area (Å²) in [4.78, 5) is 8.51. The molecule has 0 fully saturated rings. The summed E-state index contributed by atoms with van der Waals surface area (Å²) in [5.41, 5.74) is 7.16. The number of benzene rings is 1. The van der Waals surface area contributed by atoms with Crippen LogP contribution in [0.3, 0.4) is 0 Å². The van der Waals surface area contributed by atoms with Gasteiger partial charge in [0.15, 0.2) is 0 Å². The van der Waals surface area contributed by atoms with Crippen molar-refractivity contribution in [3.63, 3.8) is 0 Å². The van der Waals surface area contributed by atoms with E-state index in [0.717, 1.165) is 16.0 Å². The summed E-state index contributed by atoms with van der Waals surface area (Å²) in [5.74, 6) is 0.767. The molecule has 0 amide bonds. The Balaban J connectivity index is 2.23. The van der Waals surface area contributed by atoms with Crippen LogP contribution in [0.5, 0.6) is 0 Å². The number of nitrogens with zero attached hydrogens (tertiary/aromatic N) is 1. The van der Waals surface area contributed by atoms with E-state index in [0.29, 0.717) is 0 Å². The first-order chi connectivity index (χ1) is 7.70. The van der Waals surface area contributed by atoms with Gasteiger partial charge in [0.1, 0.15) is 10.4 Å². The molecule has 1 aromatic carbocycles. The smallest absolute Gasteiger partial charge is 0.128 e. The van der Waals surface area contributed by atoms with Crippen molar-refractivity contribution in [2.75, 3.05) is 6.26 Å². The second-order valence-corrected chi connectivity index (χ2v) is 5.10. The zero-order valence-electron chi connectivity index (χ0n) is 8.77. The van der Waals surface area contributed by atoms with E-state index in [4.69, 9.17) is 5.73 Å². The standard InChI is InChI=1S/C11H12BrN3S/c1-16-8-4-2-7(3-5-8)10(13)11-14-6-9(12)15-11/h2-6,10H,13H2,1H3,(H,14,15). The molecular weight excluding hydrogens is 286 g/mol. The summed E-state index contributed by atoms with van der Waals surface area (Å²) >= 11 is 5.04. The van der Waals surface area contributed by atoms with Crippen LogP contribution in [-0.4, -0.2) is 16.2 Å². The highest BCUT2D eigenvalue weighted by Gasteiger charge is 2.11. The maximum atomic E-state index is 6.10. The van der Waals surface area contributed by atoms with Gasteiger partial charge in [0.25, 0.3) is 0 Å². The summed E-state index contributed by atoms with van der Waals surface area (Å²) in [6.45, 7) is 0. The van der Waals surface area contributed by atoms with Crippen LogP contribution in [0.4, 0.5) is 0 Å². The molecule has 1 aromatic heterocycles. The molecule has 0 spiro atoms. The number of aromatic nitrogens is 2. The monoisotopic (exact) mass is 297 g/mol.